The van der Waals surface area contributed by atoms with Crippen LogP contribution < -0.4 is 0 Å². The number of aliphatic carboxylic acids is 1. The number of rotatable bonds is 4. The lowest BCUT2D eigenvalue weighted by atomic mass is 9.86. The van der Waals surface area contributed by atoms with E-state index in [0.29, 0.717) is 23.4 Å². The molecule has 1 aliphatic heterocycles. The lowest BCUT2D eigenvalue weighted by Crippen LogP contribution is -2.15. The Morgan fingerprint density at radius 2 is 1.60 bits per heavy atom. The molecule has 0 bridgehead atoms. The molecule has 3 aromatic rings. The molecular formula is C24H22F3NO2. The molecule has 1 aliphatic rings. The van der Waals surface area contributed by atoms with E-state index in [1.54, 1.807) is 0 Å². The van der Waals surface area contributed by atoms with Crippen molar-refractivity contribution in [1.29, 1.82) is 0 Å². The van der Waals surface area contributed by atoms with Gasteiger partial charge in [0.05, 0.1) is 12.0 Å². The molecule has 30 heavy (non-hydrogen) atoms. The summed E-state index contributed by atoms with van der Waals surface area (Å²) < 4.78 is 41.2. The molecule has 1 aromatic heterocycles. The van der Waals surface area contributed by atoms with Gasteiger partial charge in [-0.15, -0.1) is 0 Å². The minimum absolute atomic E-state index is 0.0230. The number of hydrogen-bond acceptors (Lipinski definition) is 1. The standard InChI is InChI=1S/C24H22F3NO2/c1-23(2)13-19-22(15-6-4-3-5-7-15)21(18(12-20(29)30)28(19)14-23)16-8-10-17(11-9-16)24(25,26)27/h3-11H,12-14H2,1-2H3,(H,29,30). The van der Waals surface area contributed by atoms with Crippen molar-refractivity contribution in [2.24, 2.45) is 5.41 Å². The Hall–Kier alpha value is -3.02. The minimum Gasteiger partial charge on any atom is -0.481 e. The highest BCUT2D eigenvalue weighted by Gasteiger charge is 2.37. The van der Waals surface area contributed by atoms with Gasteiger partial charge in [0, 0.05) is 29.1 Å². The summed E-state index contributed by atoms with van der Waals surface area (Å²) in [5.41, 5.74) is 4.09. The monoisotopic (exact) mass is 413 g/mol. The van der Waals surface area contributed by atoms with Gasteiger partial charge in [0.25, 0.3) is 0 Å². The fraction of sp³-hybridized carbons (Fsp3) is 0.292. The number of halogens is 3. The minimum atomic E-state index is -4.42. The van der Waals surface area contributed by atoms with Crippen molar-refractivity contribution < 1.29 is 23.1 Å². The van der Waals surface area contributed by atoms with Gasteiger partial charge in [0.1, 0.15) is 0 Å². The highest BCUT2D eigenvalue weighted by atomic mass is 19.4. The second-order valence-electron chi connectivity index (χ2n) is 8.58. The van der Waals surface area contributed by atoms with Crippen LogP contribution in [0.1, 0.15) is 30.8 Å². The third-order valence-corrected chi connectivity index (χ3v) is 5.59. The van der Waals surface area contributed by atoms with Gasteiger partial charge >= 0.3 is 12.1 Å². The molecule has 0 saturated heterocycles. The number of alkyl halides is 3. The first-order valence-corrected chi connectivity index (χ1v) is 9.76. The predicted molar refractivity (Wildman–Crippen MR) is 109 cm³/mol. The summed E-state index contributed by atoms with van der Waals surface area (Å²) in [4.78, 5) is 11.7. The molecule has 0 radical (unpaired) electrons. The van der Waals surface area contributed by atoms with Crippen molar-refractivity contribution in [2.45, 2.75) is 39.4 Å². The van der Waals surface area contributed by atoms with E-state index < -0.39 is 17.7 Å². The number of fused-ring (bicyclic) bond motifs is 1. The lowest BCUT2D eigenvalue weighted by molar-refractivity contribution is -0.138. The third-order valence-electron chi connectivity index (χ3n) is 5.59. The van der Waals surface area contributed by atoms with E-state index in [-0.39, 0.29) is 11.8 Å². The van der Waals surface area contributed by atoms with Crippen LogP contribution in [0.25, 0.3) is 22.3 Å². The molecule has 0 fully saturated rings. The van der Waals surface area contributed by atoms with Gasteiger partial charge in [-0.1, -0.05) is 56.3 Å². The highest BCUT2D eigenvalue weighted by molar-refractivity contribution is 5.90. The average Bonchev–Trinajstić information content (AvgIpc) is 3.12. The first kappa shape index (κ1) is 20.3. The molecule has 1 N–H and O–H groups in total. The molecule has 2 heterocycles. The van der Waals surface area contributed by atoms with Crippen molar-refractivity contribution in [3.05, 3.63) is 71.5 Å². The lowest BCUT2D eigenvalue weighted by Gasteiger charge is -2.19. The van der Waals surface area contributed by atoms with Crippen LogP contribution >= 0.6 is 0 Å². The van der Waals surface area contributed by atoms with Crippen molar-refractivity contribution in [3.8, 4) is 22.3 Å². The van der Waals surface area contributed by atoms with Crippen LogP contribution in [0, 0.1) is 5.41 Å². The van der Waals surface area contributed by atoms with Gasteiger partial charge in [0.2, 0.25) is 0 Å². The summed E-state index contributed by atoms with van der Waals surface area (Å²) in [5, 5.41) is 9.57. The van der Waals surface area contributed by atoms with Crippen molar-refractivity contribution in [3.63, 3.8) is 0 Å². The SMILES string of the molecule is CC1(C)Cc2c(-c3ccccc3)c(-c3ccc(C(F)(F)F)cc3)c(CC(=O)O)n2C1. The fourth-order valence-corrected chi connectivity index (χ4v) is 4.41. The normalized spacial score (nSPS) is 15.2. The number of carbonyl (C=O) groups is 1. The zero-order chi connectivity index (χ0) is 21.7. The maximum Gasteiger partial charge on any atom is 0.416 e. The molecule has 0 aliphatic carbocycles. The molecular weight excluding hydrogens is 391 g/mol. The number of hydrogen-bond donors (Lipinski definition) is 1. The van der Waals surface area contributed by atoms with Crippen LogP contribution in [0.5, 0.6) is 0 Å². The zero-order valence-electron chi connectivity index (χ0n) is 16.8. The van der Waals surface area contributed by atoms with Crippen LogP contribution in [0.3, 0.4) is 0 Å². The number of carboxylic acids is 1. The molecule has 0 unspecified atom stereocenters. The number of aromatic nitrogens is 1. The summed E-state index contributed by atoms with van der Waals surface area (Å²) in [6.45, 7) is 4.94. The largest absolute Gasteiger partial charge is 0.481 e. The first-order chi connectivity index (χ1) is 14.1. The van der Waals surface area contributed by atoms with Gasteiger partial charge in [-0.05, 0) is 35.1 Å². The van der Waals surface area contributed by atoms with Crippen LogP contribution in [-0.4, -0.2) is 15.6 Å². The second kappa shape index (κ2) is 7.04. The molecule has 3 nitrogen and oxygen atoms in total. The Bertz CT molecular complexity index is 1090. The van der Waals surface area contributed by atoms with Crippen LogP contribution in [-0.2, 0) is 30.4 Å². The second-order valence-corrected chi connectivity index (χ2v) is 8.58. The summed E-state index contributed by atoms with van der Waals surface area (Å²) >= 11 is 0. The molecule has 0 spiro atoms. The Morgan fingerprint density at radius 1 is 1.00 bits per heavy atom. The predicted octanol–water partition coefficient (Wildman–Crippen LogP) is 6.05. The Morgan fingerprint density at radius 3 is 2.17 bits per heavy atom. The quantitative estimate of drug-likeness (QED) is 0.566. The zero-order valence-corrected chi connectivity index (χ0v) is 16.8. The summed E-state index contributed by atoms with van der Waals surface area (Å²) in [6.07, 6.45) is -3.84. The van der Waals surface area contributed by atoms with E-state index in [1.165, 1.54) is 12.1 Å². The van der Waals surface area contributed by atoms with Crippen molar-refractivity contribution >= 4 is 5.97 Å². The Balaban J connectivity index is 1.98. The molecule has 0 saturated carbocycles. The van der Waals surface area contributed by atoms with Gasteiger partial charge < -0.3 is 9.67 Å². The van der Waals surface area contributed by atoms with Crippen LogP contribution in [0.15, 0.2) is 54.6 Å². The Labute approximate surface area is 172 Å². The first-order valence-electron chi connectivity index (χ1n) is 9.76. The molecule has 6 heteroatoms. The van der Waals surface area contributed by atoms with Crippen LogP contribution in [0.2, 0.25) is 0 Å². The van der Waals surface area contributed by atoms with E-state index in [0.717, 1.165) is 35.4 Å². The van der Waals surface area contributed by atoms with E-state index in [4.69, 9.17) is 0 Å². The van der Waals surface area contributed by atoms with Crippen molar-refractivity contribution in [1.82, 2.24) is 4.57 Å². The van der Waals surface area contributed by atoms with Gasteiger partial charge in [0.15, 0.2) is 0 Å². The van der Waals surface area contributed by atoms with Gasteiger partial charge in [-0.2, -0.15) is 13.2 Å². The number of carboxylic acid groups (broad SMARTS) is 1. The van der Waals surface area contributed by atoms with Gasteiger partial charge in [-0.3, -0.25) is 4.79 Å². The smallest absolute Gasteiger partial charge is 0.416 e. The Kier molecular flexibility index (Phi) is 4.76. The van der Waals surface area contributed by atoms with E-state index in [1.807, 2.05) is 30.3 Å². The molecule has 0 amide bonds. The van der Waals surface area contributed by atoms with Gasteiger partial charge in [-0.25, -0.2) is 0 Å². The van der Waals surface area contributed by atoms with Crippen LogP contribution in [0.4, 0.5) is 13.2 Å². The number of nitrogens with zero attached hydrogens (tertiary/aromatic N) is 1. The summed E-state index contributed by atoms with van der Waals surface area (Å²) in [5.74, 6) is -0.965. The number of benzene rings is 2. The topological polar surface area (TPSA) is 42.2 Å². The van der Waals surface area contributed by atoms with E-state index in [9.17, 15) is 23.1 Å². The maximum atomic E-state index is 13.1. The molecule has 2 aromatic carbocycles. The average molecular weight is 413 g/mol. The fourth-order valence-electron chi connectivity index (χ4n) is 4.41. The third kappa shape index (κ3) is 3.62. The molecule has 156 valence electrons. The van der Waals surface area contributed by atoms with E-state index in [2.05, 4.69) is 18.4 Å². The molecule has 0 atom stereocenters. The summed E-state index contributed by atoms with van der Waals surface area (Å²) in [6, 6.07) is 14.6. The highest BCUT2D eigenvalue weighted by Crippen LogP contribution is 2.47. The molecule has 4 rings (SSSR count). The maximum absolute atomic E-state index is 13.1. The van der Waals surface area contributed by atoms with E-state index >= 15 is 0 Å². The van der Waals surface area contributed by atoms with Crippen molar-refractivity contribution in [2.75, 3.05) is 0 Å². The summed E-state index contributed by atoms with van der Waals surface area (Å²) in [7, 11) is 0.